The molecule has 8 nitrogen and oxygen atoms in total. The Kier molecular flexibility index (Phi) is 4.06. The summed E-state index contributed by atoms with van der Waals surface area (Å²) in [5, 5.41) is 10.2. The Bertz CT molecular complexity index is 610. The first-order chi connectivity index (χ1) is 9.58. The molecule has 0 fully saturated rings. The van der Waals surface area contributed by atoms with Crippen LogP contribution < -0.4 is 16.8 Å². The number of anilines is 1. The maximum atomic E-state index is 11.9. The van der Waals surface area contributed by atoms with Crippen molar-refractivity contribution in [3.63, 3.8) is 0 Å². The van der Waals surface area contributed by atoms with Crippen LogP contribution in [-0.2, 0) is 9.59 Å². The van der Waals surface area contributed by atoms with Crippen LogP contribution in [0, 0.1) is 0 Å². The average molecular weight is 274 g/mol. The van der Waals surface area contributed by atoms with Crippen molar-refractivity contribution in [2.75, 3.05) is 5.32 Å². The summed E-state index contributed by atoms with van der Waals surface area (Å²) in [4.78, 5) is 22.6. The molecule has 2 aromatic rings. The highest BCUT2D eigenvalue weighted by molar-refractivity contribution is 5.98. The lowest BCUT2D eigenvalue weighted by Crippen LogP contribution is -2.39. The molecule has 2 rings (SSSR count). The molecule has 104 valence electrons. The van der Waals surface area contributed by atoms with Gasteiger partial charge in [-0.1, -0.05) is 17.3 Å². The van der Waals surface area contributed by atoms with Gasteiger partial charge in [-0.3, -0.25) is 9.59 Å². The van der Waals surface area contributed by atoms with E-state index < -0.39 is 17.9 Å². The molecule has 1 unspecified atom stereocenters. The van der Waals surface area contributed by atoms with Crippen molar-refractivity contribution in [3.05, 3.63) is 36.7 Å². The Hall–Kier alpha value is -2.74. The Morgan fingerprint density at radius 3 is 2.75 bits per heavy atom. The van der Waals surface area contributed by atoms with E-state index >= 15 is 0 Å². The first kappa shape index (κ1) is 13.7. The minimum atomic E-state index is -0.990. The van der Waals surface area contributed by atoms with Crippen molar-refractivity contribution < 1.29 is 9.59 Å². The quantitative estimate of drug-likeness (QED) is 0.671. The first-order valence-electron chi connectivity index (χ1n) is 5.88. The largest absolute Gasteiger partial charge is 0.370 e. The van der Waals surface area contributed by atoms with Gasteiger partial charge >= 0.3 is 0 Å². The van der Waals surface area contributed by atoms with Crippen LogP contribution in [0.25, 0.3) is 5.69 Å². The zero-order chi connectivity index (χ0) is 14.5. The van der Waals surface area contributed by atoms with Gasteiger partial charge in [0.05, 0.1) is 36.2 Å². The van der Waals surface area contributed by atoms with Crippen LogP contribution in [-0.4, -0.2) is 32.9 Å². The van der Waals surface area contributed by atoms with E-state index in [1.54, 1.807) is 30.5 Å². The van der Waals surface area contributed by atoms with Gasteiger partial charge in [0, 0.05) is 0 Å². The third-order valence-corrected chi connectivity index (χ3v) is 2.59. The van der Waals surface area contributed by atoms with E-state index in [-0.39, 0.29) is 6.42 Å². The fourth-order valence-corrected chi connectivity index (χ4v) is 1.65. The molecule has 5 N–H and O–H groups in total. The highest BCUT2D eigenvalue weighted by Crippen LogP contribution is 2.18. The molecule has 8 heteroatoms. The van der Waals surface area contributed by atoms with E-state index in [0.29, 0.717) is 11.4 Å². The Balaban J connectivity index is 2.18. The SMILES string of the molecule is NC(=O)CC(N)C(=O)Nc1ccccc1-n1ccnn1. The number of amides is 2. The number of primary amides is 1. The van der Waals surface area contributed by atoms with Crippen LogP contribution in [0.1, 0.15) is 6.42 Å². The Morgan fingerprint density at radius 2 is 2.10 bits per heavy atom. The van der Waals surface area contributed by atoms with Crippen molar-refractivity contribution >= 4 is 17.5 Å². The fourth-order valence-electron chi connectivity index (χ4n) is 1.65. The monoisotopic (exact) mass is 274 g/mol. The van der Waals surface area contributed by atoms with Crippen molar-refractivity contribution in [1.29, 1.82) is 0 Å². The molecular formula is C12H14N6O2. The Labute approximate surface area is 114 Å². The molecule has 1 aromatic carbocycles. The van der Waals surface area contributed by atoms with E-state index in [0.717, 1.165) is 0 Å². The summed E-state index contributed by atoms with van der Waals surface area (Å²) in [7, 11) is 0. The third-order valence-electron chi connectivity index (χ3n) is 2.59. The number of hydrogen-bond donors (Lipinski definition) is 3. The summed E-state index contributed by atoms with van der Waals surface area (Å²) < 4.78 is 1.51. The predicted molar refractivity (Wildman–Crippen MR) is 71.8 cm³/mol. The molecule has 1 atom stereocenters. The highest BCUT2D eigenvalue weighted by Gasteiger charge is 2.17. The maximum Gasteiger partial charge on any atom is 0.241 e. The zero-order valence-electron chi connectivity index (χ0n) is 10.6. The normalized spacial score (nSPS) is 11.8. The van der Waals surface area contributed by atoms with Gasteiger partial charge in [-0.05, 0) is 12.1 Å². The lowest BCUT2D eigenvalue weighted by Gasteiger charge is -2.13. The second kappa shape index (κ2) is 5.93. The van der Waals surface area contributed by atoms with Crippen molar-refractivity contribution in [2.45, 2.75) is 12.5 Å². The number of rotatable bonds is 5. The Morgan fingerprint density at radius 1 is 1.35 bits per heavy atom. The lowest BCUT2D eigenvalue weighted by atomic mass is 10.2. The molecule has 2 amide bonds. The van der Waals surface area contributed by atoms with Crippen molar-refractivity contribution in [2.24, 2.45) is 11.5 Å². The minimum absolute atomic E-state index is 0.211. The topological polar surface area (TPSA) is 129 Å². The third kappa shape index (κ3) is 3.18. The summed E-state index contributed by atoms with van der Waals surface area (Å²) in [5.74, 6) is -1.12. The van der Waals surface area contributed by atoms with Crippen LogP contribution in [0.2, 0.25) is 0 Å². The standard InChI is InChI=1S/C12H14N6O2/c13-8(7-11(14)19)12(20)16-9-3-1-2-4-10(9)18-6-5-15-17-18/h1-6,8H,7,13H2,(H2,14,19)(H,16,20). The molecule has 0 aliphatic heterocycles. The molecule has 0 aliphatic rings. The zero-order valence-corrected chi connectivity index (χ0v) is 10.6. The van der Waals surface area contributed by atoms with Gasteiger partial charge < -0.3 is 16.8 Å². The average Bonchev–Trinajstić information content (AvgIpc) is 2.92. The van der Waals surface area contributed by atoms with Gasteiger partial charge in [-0.15, -0.1) is 5.10 Å². The van der Waals surface area contributed by atoms with Crippen LogP contribution in [0.5, 0.6) is 0 Å². The number of nitrogens with one attached hydrogen (secondary N) is 1. The van der Waals surface area contributed by atoms with E-state index in [1.165, 1.54) is 10.9 Å². The smallest absolute Gasteiger partial charge is 0.241 e. The predicted octanol–water partition coefficient (Wildman–Crippen LogP) is -0.591. The number of aromatic nitrogens is 3. The van der Waals surface area contributed by atoms with E-state index in [1.807, 2.05) is 0 Å². The maximum absolute atomic E-state index is 11.9. The van der Waals surface area contributed by atoms with Crippen LogP contribution in [0.3, 0.4) is 0 Å². The molecule has 0 aliphatic carbocycles. The van der Waals surface area contributed by atoms with Crippen LogP contribution in [0.15, 0.2) is 36.7 Å². The summed E-state index contributed by atoms with van der Waals surface area (Å²) in [6.07, 6.45) is 2.96. The molecule has 0 saturated carbocycles. The second-order valence-electron chi connectivity index (χ2n) is 4.13. The summed E-state index contributed by atoms with van der Waals surface area (Å²) >= 11 is 0. The molecule has 0 spiro atoms. The fraction of sp³-hybridized carbons (Fsp3) is 0.167. The van der Waals surface area contributed by atoms with Gasteiger partial charge in [0.2, 0.25) is 11.8 Å². The first-order valence-corrected chi connectivity index (χ1v) is 5.88. The van der Waals surface area contributed by atoms with Crippen LogP contribution >= 0.6 is 0 Å². The van der Waals surface area contributed by atoms with E-state index in [4.69, 9.17) is 11.5 Å². The van der Waals surface area contributed by atoms with E-state index in [2.05, 4.69) is 15.6 Å². The summed E-state index contributed by atoms with van der Waals surface area (Å²) in [5.41, 5.74) is 11.8. The molecular weight excluding hydrogens is 260 g/mol. The van der Waals surface area contributed by atoms with Gasteiger partial charge in [0.1, 0.15) is 0 Å². The highest BCUT2D eigenvalue weighted by atomic mass is 16.2. The second-order valence-corrected chi connectivity index (χ2v) is 4.13. The molecule has 0 saturated heterocycles. The van der Waals surface area contributed by atoms with Crippen molar-refractivity contribution in [1.82, 2.24) is 15.0 Å². The minimum Gasteiger partial charge on any atom is -0.370 e. The number of benzene rings is 1. The van der Waals surface area contributed by atoms with Gasteiger partial charge in [0.25, 0.3) is 0 Å². The number of nitrogens with zero attached hydrogens (tertiary/aromatic N) is 3. The van der Waals surface area contributed by atoms with Crippen LogP contribution in [0.4, 0.5) is 5.69 Å². The summed E-state index contributed by atoms with van der Waals surface area (Å²) in [6, 6.07) is 6.04. The molecule has 1 heterocycles. The molecule has 1 aromatic heterocycles. The van der Waals surface area contributed by atoms with Crippen molar-refractivity contribution in [3.8, 4) is 5.69 Å². The number of nitrogens with two attached hydrogens (primary N) is 2. The number of carbonyl (C=O) groups is 2. The van der Waals surface area contributed by atoms with Gasteiger partial charge in [-0.25, -0.2) is 4.68 Å². The van der Waals surface area contributed by atoms with Gasteiger partial charge in [0.15, 0.2) is 0 Å². The number of carbonyl (C=O) groups excluding carboxylic acids is 2. The molecule has 0 radical (unpaired) electrons. The molecule has 0 bridgehead atoms. The van der Waals surface area contributed by atoms with E-state index in [9.17, 15) is 9.59 Å². The lowest BCUT2D eigenvalue weighted by molar-refractivity contribution is -0.123. The van der Waals surface area contributed by atoms with Gasteiger partial charge in [-0.2, -0.15) is 0 Å². The summed E-state index contributed by atoms with van der Waals surface area (Å²) in [6.45, 7) is 0. The molecule has 20 heavy (non-hydrogen) atoms. The number of para-hydroxylation sites is 2. The number of hydrogen-bond acceptors (Lipinski definition) is 5.